The van der Waals surface area contributed by atoms with Crippen LogP contribution in [-0.4, -0.2) is 155 Å². The quantitative estimate of drug-likeness (QED) is 0.197. The van der Waals surface area contributed by atoms with E-state index in [1.807, 2.05) is 0 Å². The number of likely N-dealkylation sites (tertiary alicyclic amines) is 4. The molecular formula is C78H166N6O. The monoisotopic (exact) mass is 1200 g/mol. The van der Waals surface area contributed by atoms with E-state index in [-0.39, 0.29) is 0 Å². The van der Waals surface area contributed by atoms with E-state index in [1.165, 1.54) is 201 Å². The normalized spacial score (nSPS) is 20.1. The molecule has 0 aromatic heterocycles. The minimum Gasteiger partial charge on any atom is -0.396 e. The van der Waals surface area contributed by atoms with Gasteiger partial charge in [0.05, 0.1) is 0 Å². The third kappa shape index (κ3) is 49.1. The fourth-order valence-corrected chi connectivity index (χ4v) is 12.5. The van der Waals surface area contributed by atoms with E-state index in [0.29, 0.717) is 50.4 Å². The Labute approximate surface area is 539 Å². The van der Waals surface area contributed by atoms with Crippen molar-refractivity contribution < 1.29 is 5.11 Å². The molecule has 0 aromatic rings. The maximum atomic E-state index is 8.83. The molecule has 0 saturated carbocycles. The Morgan fingerprint density at radius 3 is 0.847 bits per heavy atom. The van der Waals surface area contributed by atoms with Crippen LogP contribution in [0.3, 0.4) is 0 Å². The van der Waals surface area contributed by atoms with Gasteiger partial charge in [-0.3, -0.25) is 19.6 Å². The molecule has 5 rings (SSSR count). The number of piperazine rings is 1. The molecule has 0 amide bonds. The van der Waals surface area contributed by atoms with E-state index >= 15 is 0 Å². The molecule has 5 heterocycles. The summed E-state index contributed by atoms with van der Waals surface area (Å²) in [6.45, 7) is 89.6. The van der Waals surface area contributed by atoms with E-state index in [4.69, 9.17) is 5.11 Å². The Kier molecular flexibility index (Phi) is 42.9. The van der Waals surface area contributed by atoms with Crippen LogP contribution in [0.1, 0.15) is 330 Å². The zero-order valence-electron chi connectivity index (χ0n) is 64.9. The van der Waals surface area contributed by atoms with Crippen LogP contribution in [0.5, 0.6) is 0 Å². The first-order valence-corrected chi connectivity index (χ1v) is 36.6. The molecule has 85 heavy (non-hydrogen) atoms. The summed E-state index contributed by atoms with van der Waals surface area (Å²) in [5.74, 6) is 5.38. The maximum absolute atomic E-state index is 8.83. The highest BCUT2D eigenvalue weighted by molar-refractivity contribution is 4.86. The van der Waals surface area contributed by atoms with Gasteiger partial charge in [0.15, 0.2) is 0 Å². The predicted molar refractivity (Wildman–Crippen MR) is 387 cm³/mol. The van der Waals surface area contributed by atoms with Gasteiger partial charge in [-0.05, 0) is 296 Å². The van der Waals surface area contributed by atoms with Gasteiger partial charge in [0.25, 0.3) is 0 Å². The Morgan fingerprint density at radius 1 is 0.329 bits per heavy atom. The number of piperidine rings is 4. The third-order valence-corrected chi connectivity index (χ3v) is 18.4. The van der Waals surface area contributed by atoms with Crippen LogP contribution >= 0.6 is 0 Å². The fraction of sp³-hybridized carbons (Fsp3) is 1.00. The third-order valence-electron chi connectivity index (χ3n) is 18.4. The lowest BCUT2D eigenvalue weighted by Gasteiger charge is -2.42. The molecule has 0 atom stereocenters. The SMILES string of the molecule is CC(C)(C)CCCC1CCN(C(C)(C)C)CC1.CC(C)(C)CCCN1CCC(C(C)(C)C)CC1.CC(C)(C)CCCN1CCN(C(C)(C)C)CC1.CC(C)(C)N1CCC(CCO)CC1.CC(C)C.CC(C)C.CCCC1CCN(C(C)(C)C)CC1. The van der Waals surface area contributed by atoms with E-state index in [0.717, 1.165) is 41.9 Å². The summed E-state index contributed by atoms with van der Waals surface area (Å²) in [6.07, 6.45) is 24.5. The van der Waals surface area contributed by atoms with Crippen LogP contribution in [0.4, 0.5) is 0 Å². The first kappa shape index (κ1) is 86.8. The van der Waals surface area contributed by atoms with Crippen molar-refractivity contribution in [3.05, 3.63) is 0 Å². The van der Waals surface area contributed by atoms with Crippen LogP contribution in [0.2, 0.25) is 0 Å². The van der Waals surface area contributed by atoms with Gasteiger partial charge in [-0.2, -0.15) is 0 Å². The average molecular weight is 1200 g/mol. The smallest absolute Gasteiger partial charge is 0.0433 e. The Morgan fingerprint density at radius 2 is 0.588 bits per heavy atom. The first-order valence-electron chi connectivity index (χ1n) is 36.6. The summed E-state index contributed by atoms with van der Waals surface area (Å²) < 4.78 is 0. The van der Waals surface area contributed by atoms with Crippen molar-refractivity contribution >= 4 is 0 Å². The molecule has 5 fully saturated rings. The van der Waals surface area contributed by atoms with E-state index < -0.39 is 0 Å². The topological polar surface area (TPSA) is 39.7 Å². The summed E-state index contributed by atoms with van der Waals surface area (Å²) in [4.78, 5) is 15.7. The Hall–Kier alpha value is -0.280. The highest BCUT2D eigenvalue weighted by Gasteiger charge is 2.31. The van der Waals surface area contributed by atoms with Crippen LogP contribution in [-0.2, 0) is 0 Å². The molecule has 0 spiro atoms. The van der Waals surface area contributed by atoms with Gasteiger partial charge in [0.2, 0.25) is 0 Å². The molecule has 0 radical (unpaired) electrons. The van der Waals surface area contributed by atoms with Crippen molar-refractivity contribution in [2.75, 3.05) is 98.2 Å². The van der Waals surface area contributed by atoms with Crippen LogP contribution in [0.25, 0.3) is 0 Å². The summed E-state index contributed by atoms with van der Waals surface area (Å²) in [6, 6.07) is 0. The zero-order valence-corrected chi connectivity index (χ0v) is 64.9. The largest absolute Gasteiger partial charge is 0.396 e. The van der Waals surface area contributed by atoms with Crippen molar-refractivity contribution in [1.29, 1.82) is 0 Å². The van der Waals surface area contributed by atoms with Crippen molar-refractivity contribution in [2.45, 2.75) is 352 Å². The van der Waals surface area contributed by atoms with Crippen molar-refractivity contribution in [3.63, 3.8) is 0 Å². The number of rotatable bonds is 13. The van der Waals surface area contributed by atoms with Gasteiger partial charge in [-0.1, -0.05) is 157 Å². The number of hydrogen-bond acceptors (Lipinski definition) is 7. The van der Waals surface area contributed by atoms with Gasteiger partial charge in [0.1, 0.15) is 0 Å². The number of hydrogen-bond donors (Lipinski definition) is 1. The van der Waals surface area contributed by atoms with Gasteiger partial charge < -0.3 is 14.9 Å². The summed E-state index contributed by atoms with van der Waals surface area (Å²) in [7, 11) is 0. The first-order chi connectivity index (χ1) is 38.6. The van der Waals surface area contributed by atoms with Gasteiger partial charge in [-0.25, -0.2) is 0 Å². The number of aliphatic hydroxyl groups is 1. The molecular weight excluding hydrogens is 1040 g/mol. The summed E-state index contributed by atoms with van der Waals surface area (Å²) in [5.41, 5.74) is 3.45. The molecule has 514 valence electrons. The van der Waals surface area contributed by atoms with Crippen molar-refractivity contribution in [3.8, 4) is 0 Å². The summed E-state index contributed by atoms with van der Waals surface area (Å²) >= 11 is 0. The lowest BCUT2D eigenvalue weighted by molar-refractivity contribution is 0.0605. The molecule has 5 aliphatic rings. The maximum Gasteiger partial charge on any atom is 0.0433 e. The predicted octanol–water partition coefficient (Wildman–Crippen LogP) is 21.0. The molecule has 5 aliphatic heterocycles. The second-order valence-corrected chi connectivity index (χ2v) is 37.8. The Balaban J connectivity index is 0. The lowest BCUT2D eigenvalue weighted by Crippen LogP contribution is -2.53. The molecule has 0 unspecified atom stereocenters. The zero-order chi connectivity index (χ0) is 66.3. The standard InChI is InChI=1S/2C16H33N.C15H32N2.C12H25N.C11H23NO.2C4H10/c1-15(2,3)10-7-11-17-12-8-14(9-13-17)16(4,5)6;1-15(2,3)11-7-8-14-9-12-17(13-10-14)16(4,5)6;1-14(2,3)8-7-9-16-10-12-17(13-11-16)15(4,5)6;1-5-6-11-7-9-13(10-8-11)12(2,3)4;1-11(2,3)12-7-4-10(5-8-12)6-9-13;2*1-4(2)3/h2*14H,7-13H2,1-6H3;7-13H2,1-6H3;11H,5-10H2,1-4H3;10,13H,4-9H2,1-3H3;2*4H,1-3H3. The van der Waals surface area contributed by atoms with E-state index in [1.54, 1.807) is 0 Å². The van der Waals surface area contributed by atoms with Crippen LogP contribution in [0, 0.1) is 57.2 Å². The fourth-order valence-electron chi connectivity index (χ4n) is 12.5. The van der Waals surface area contributed by atoms with Crippen LogP contribution in [0.15, 0.2) is 0 Å². The highest BCUT2D eigenvalue weighted by Crippen LogP contribution is 2.35. The highest BCUT2D eigenvalue weighted by atomic mass is 16.3. The van der Waals surface area contributed by atoms with Gasteiger partial charge in [-0.15, -0.1) is 0 Å². The van der Waals surface area contributed by atoms with Crippen LogP contribution < -0.4 is 0 Å². The van der Waals surface area contributed by atoms with E-state index in [9.17, 15) is 0 Å². The molecule has 0 bridgehead atoms. The Bertz CT molecular complexity index is 1350. The molecule has 5 saturated heterocycles. The molecule has 0 aromatic carbocycles. The summed E-state index contributed by atoms with van der Waals surface area (Å²) in [5, 5.41) is 8.83. The molecule has 7 heteroatoms. The molecule has 1 N–H and O–H groups in total. The van der Waals surface area contributed by atoms with Crippen molar-refractivity contribution in [1.82, 2.24) is 29.4 Å². The average Bonchev–Trinajstić information content (AvgIpc) is 3.51. The second-order valence-electron chi connectivity index (χ2n) is 37.8. The molecule has 0 aliphatic carbocycles. The lowest BCUT2D eigenvalue weighted by atomic mass is 9.75. The minimum absolute atomic E-state index is 0.324. The number of nitrogens with zero attached hydrogens (tertiary/aromatic N) is 6. The second kappa shape index (κ2) is 42.0. The minimum atomic E-state index is 0.324. The molecule has 7 nitrogen and oxygen atoms in total. The van der Waals surface area contributed by atoms with Gasteiger partial charge >= 0.3 is 0 Å². The number of aliphatic hydroxyl groups excluding tert-OH is 1. The van der Waals surface area contributed by atoms with Crippen molar-refractivity contribution in [2.24, 2.45) is 57.2 Å². The van der Waals surface area contributed by atoms with Gasteiger partial charge in [0, 0.05) is 54.9 Å². The van der Waals surface area contributed by atoms with E-state index in [2.05, 4.69) is 244 Å².